The molecule has 1 aliphatic carbocycles. The van der Waals surface area contributed by atoms with E-state index in [1.807, 2.05) is 6.07 Å². The molecule has 112 valence electrons. The van der Waals surface area contributed by atoms with E-state index in [1.165, 1.54) is 0 Å². The van der Waals surface area contributed by atoms with Crippen molar-refractivity contribution in [2.24, 2.45) is 11.7 Å². The van der Waals surface area contributed by atoms with Gasteiger partial charge in [-0.15, -0.1) is 0 Å². The predicted molar refractivity (Wildman–Crippen MR) is 88.4 cm³/mol. The Morgan fingerprint density at radius 1 is 1.33 bits per heavy atom. The molecule has 0 amide bonds. The van der Waals surface area contributed by atoms with Crippen molar-refractivity contribution >= 4 is 33.5 Å². The molecule has 1 saturated carbocycles. The Hall–Kier alpha value is -1.15. The van der Waals surface area contributed by atoms with E-state index in [0.29, 0.717) is 29.5 Å². The van der Waals surface area contributed by atoms with Gasteiger partial charge in [0, 0.05) is 9.61 Å². The third-order valence-corrected chi connectivity index (χ3v) is 4.58. The van der Waals surface area contributed by atoms with Gasteiger partial charge in [-0.05, 0) is 72.4 Å². The van der Waals surface area contributed by atoms with E-state index in [2.05, 4.69) is 27.6 Å². The van der Waals surface area contributed by atoms with Crippen LogP contribution in [0.2, 0.25) is 0 Å². The van der Waals surface area contributed by atoms with Gasteiger partial charge in [0.2, 0.25) is 0 Å². The molecule has 0 unspecified atom stereocenters. The standard InChI is InChI=1S/C15H17IN2O3/c16-10-3-6-13-12(7-10)14(19)21-15(18-13)20-8-9-1-4-11(17)5-2-9/h3,6-7,9,11H,1-2,4-5,8,17H2. The fraction of sp³-hybridized carbons (Fsp3) is 0.467. The smallest absolute Gasteiger partial charge is 0.397 e. The molecule has 0 bridgehead atoms. The molecule has 0 aliphatic heterocycles. The summed E-state index contributed by atoms with van der Waals surface area (Å²) in [6, 6.07) is 5.80. The molecule has 0 radical (unpaired) electrons. The normalized spacial score (nSPS) is 22.4. The van der Waals surface area contributed by atoms with Crippen LogP contribution in [-0.4, -0.2) is 17.6 Å². The number of hydrogen-bond donors (Lipinski definition) is 1. The Morgan fingerprint density at radius 3 is 2.86 bits per heavy atom. The predicted octanol–water partition coefficient (Wildman–Crippen LogP) is 2.69. The highest BCUT2D eigenvalue weighted by molar-refractivity contribution is 14.1. The summed E-state index contributed by atoms with van der Waals surface area (Å²) in [5.41, 5.74) is 6.09. The van der Waals surface area contributed by atoms with E-state index >= 15 is 0 Å². The molecular formula is C15H17IN2O3. The highest BCUT2D eigenvalue weighted by Gasteiger charge is 2.19. The number of benzene rings is 1. The van der Waals surface area contributed by atoms with E-state index in [1.54, 1.807) is 12.1 Å². The molecule has 21 heavy (non-hydrogen) atoms. The third-order valence-electron chi connectivity index (χ3n) is 3.90. The van der Waals surface area contributed by atoms with Crippen LogP contribution >= 0.6 is 22.6 Å². The van der Waals surface area contributed by atoms with E-state index in [4.69, 9.17) is 14.9 Å². The van der Waals surface area contributed by atoms with E-state index in [0.717, 1.165) is 29.3 Å². The topological polar surface area (TPSA) is 78.4 Å². The summed E-state index contributed by atoms with van der Waals surface area (Å²) in [4.78, 5) is 16.2. The van der Waals surface area contributed by atoms with Gasteiger partial charge in [0.05, 0.1) is 17.5 Å². The fourth-order valence-corrected chi connectivity index (χ4v) is 3.12. The zero-order chi connectivity index (χ0) is 14.8. The molecule has 1 fully saturated rings. The summed E-state index contributed by atoms with van der Waals surface area (Å²) in [5, 5.41) is 0.484. The van der Waals surface area contributed by atoms with Crippen molar-refractivity contribution in [3.63, 3.8) is 0 Å². The third kappa shape index (κ3) is 3.55. The molecule has 1 aliphatic rings. The Labute approximate surface area is 136 Å². The monoisotopic (exact) mass is 400 g/mol. The first kappa shape index (κ1) is 14.8. The minimum atomic E-state index is -0.404. The number of nitrogens with two attached hydrogens (primary N) is 1. The number of hydrogen-bond acceptors (Lipinski definition) is 5. The molecular weight excluding hydrogens is 383 g/mol. The van der Waals surface area contributed by atoms with E-state index < -0.39 is 5.63 Å². The summed E-state index contributed by atoms with van der Waals surface area (Å²) in [6.45, 7) is 0.526. The second kappa shape index (κ2) is 6.31. The van der Waals surface area contributed by atoms with Crippen LogP contribution in [0.4, 0.5) is 0 Å². The fourth-order valence-electron chi connectivity index (χ4n) is 2.63. The summed E-state index contributed by atoms with van der Waals surface area (Å²) >= 11 is 2.15. The second-order valence-electron chi connectivity index (χ2n) is 5.52. The molecule has 1 aromatic heterocycles. The molecule has 2 aromatic rings. The Morgan fingerprint density at radius 2 is 2.10 bits per heavy atom. The minimum absolute atomic E-state index is 0.0589. The van der Waals surface area contributed by atoms with Crippen LogP contribution in [0.25, 0.3) is 10.9 Å². The number of fused-ring (bicyclic) bond motifs is 1. The van der Waals surface area contributed by atoms with Crippen LogP contribution in [-0.2, 0) is 0 Å². The van der Waals surface area contributed by atoms with Gasteiger partial charge >= 0.3 is 11.7 Å². The lowest BCUT2D eigenvalue weighted by molar-refractivity contribution is 0.153. The zero-order valence-electron chi connectivity index (χ0n) is 11.5. The lowest BCUT2D eigenvalue weighted by atomic mass is 9.87. The van der Waals surface area contributed by atoms with Crippen molar-refractivity contribution in [1.82, 2.24) is 4.98 Å². The van der Waals surface area contributed by atoms with Gasteiger partial charge in [-0.25, -0.2) is 4.79 Å². The van der Waals surface area contributed by atoms with Gasteiger partial charge in [-0.2, -0.15) is 4.98 Å². The molecule has 0 atom stereocenters. The summed E-state index contributed by atoms with van der Waals surface area (Å²) < 4.78 is 11.7. The van der Waals surface area contributed by atoms with Crippen molar-refractivity contribution in [2.75, 3.05) is 6.61 Å². The number of nitrogens with zero attached hydrogens (tertiary/aromatic N) is 1. The van der Waals surface area contributed by atoms with Gasteiger partial charge in [0.25, 0.3) is 0 Å². The average molecular weight is 400 g/mol. The number of aromatic nitrogens is 1. The van der Waals surface area contributed by atoms with Crippen LogP contribution in [0.3, 0.4) is 0 Å². The molecule has 5 nitrogen and oxygen atoms in total. The number of halogens is 1. The highest BCUT2D eigenvalue weighted by Crippen LogP contribution is 2.24. The maximum Gasteiger partial charge on any atom is 0.397 e. The summed E-state index contributed by atoms with van der Waals surface area (Å²) in [6.07, 6.45) is 4.22. The second-order valence-corrected chi connectivity index (χ2v) is 6.77. The van der Waals surface area contributed by atoms with Gasteiger partial charge in [0.1, 0.15) is 0 Å². The van der Waals surface area contributed by atoms with Crippen molar-refractivity contribution in [3.8, 4) is 6.08 Å². The molecule has 6 heteroatoms. The molecule has 1 heterocycles. The van der Waals surface area contributed by atoms with Gasteiger partial charge in [-0.1, -0.05) is 0 Å². The average Bonchev–Trinajstić information content (AvgIpc) is 2.47. The van der Waals surface area contributed by atoms with Crippen molar-refractivity contribution in [3.05, 3.63) is 32.2 Å². The summed E-state index contributed by atoms with van der Waals surface area (Å²) in [7, 11) is 0. The quantitative estimate of drug-likeness (QED) is 0.802. The van der Waals surface area contributed by atoms with Crippen LogP contribution < -0.4 is 16.1 Å². The molecule has 1 aromatic carbocycles. The number of ether oxygens (including phenoxy) is 1. The molecule has 0 spiro atoms. The Bertz CT molecular complexity index is 693. The van der Waals surface area contributed by atoms with Crippen LogP contribution in [0, 0.1) is 9.49 Å². The van der Waals surface area contributed by atoms with Gasteiger partial charge < -0.3 is 14.9 Å². The van der Waals surface area contributed by atoms with E-state index in [-0.39, 0.29) is 6.08 Å². The Balaban J connectivity index is 1.73. The summed E-state index contributed by atoms with van der Waals surface area (Å²) in [5.74, 6) is 0.462. The Kier molecular flexibility index (Phi) is 4.44. The van der Waals surface area contributed by atoms with Gasteiger partial charge in [-0.3, -0.25) is 0 Å². The molecule has 3 rings (SSSR count). The molecule has 0 saturated heterocycles. The van der Waals surface area contributed by atoms with Gasteiger partial charge in [0.15, 0.2) is 0 Å². The lowest BCUT2D eigenvalue weighted by Gasteiger charge is -2.25. The highest BCUT2D eigenvalue weighted by atomic mass is 127. The first-order valence-electron chi connectivity index (χ1n) is 7.10. The SMILES string of the molecule is NC1CCC(COc2nc3ccc(I)cc3c(=O)o2)CC1. The first-order valence-corrected chi connectivity index (χ1v) is 8.18. The van der Waals surface area contributed by atoms with E-state index in [9.17, 15) is 4.79 Å². The van der Waals surface area contributed by atoms with Crippen molar-refractivity contribution < 1.29 is 9.15 Å². The van der Waals surface area contributed by atoms with Crippen molar-refractivity contribution in [1.29, 1.82) is 0 Å². The molecule has 2 N–H and O–H groups in total. The largest absolute Gasteiger partial charge is 0.450 e. The number of rotatable bonds is 3. The van der Waals surface area contributed by atoms with Crippen LogP contribution in [0.15, 0.2) is 27.4 Å². The maximum absolute atomic E-state index is 11.9. The maximum atomic E-state index is 11.9. The van der Waals surface area contributed by atoms with Crippen molar-refractivity contribution in [2.45, 2.75) is 31.7 Å². The first-order chi connectivity index (χ1) is 10.1. The van der Waals surface area contributed by atoms with Crippen LogP contribution in [0.5, 0.6) is 6.08 Å². The van der Waals surface area contributed by atoms with Crippen LogP contribution in [0.1, 0.15) is 25.7 Å². The zero-order valence-corrected chi connectivity index (χ0v) is 13.7. The lowest BCUT2D eigenvalue weighted by Crippen LogP contribution is -2.28. The minimum Gasteiger partial charge on any atom is -0.450 e.